The first-order valence-electron chi connectivity index (χ1n) is 10.6. The molecule has 2 fully saturated rings. The summed E-state index contributed by atoms with van der Waals surface area (Å²) in [5.41, 5.74) is 2.95. The van der Waals surface area contributed by atoms with Gasteiger partial charge in [0.2, 0.25) is 0 Å². The first-order chi connectivity index (χ1) is 13.4. The van der Waals surface area contributed by atoms with Crippen LogP contribution < -0.4 is 5.32 Å². The van der Waals surface area contributed by atoms with E-state index in [0.717, 1.165) is 13.1 Å². The predicted molar refractivity (Wildman–Crippen MR) is 113 cm³/mol. The average molecular weight is 364 g/mol. The van der Waals surface area contributed by atoms with Gasteiger partial charge in [-0.25, -0.2) is 0 Å². The van der Waals surface area contributed by atoms with Gasteiger partial charge in [0.05, 0.1) is 0 Å². The van der Waals surface area contributed by atoms with Gasteiger partial charge in [-0.2, -0.15) is 0 Å². The summed E-state index contributed by atoms with van der Waals surface area (Å²) in [5.74, 6) is 0.716. The minimum Gasteiger partial charge on any atom is -0.311 e. The zero-order chi connectivity index (χ0) is 18.3. The Kier molecular flexibility index (Phi) is 6.57. The highest BCUT2D eigenvalue weighted by Crippen LogP contribution is 2.26. The predicted octanol–water partition coefficient (Wildman–Crippen LogP) is 3.73. The first kappa shape index (κ1) is 18.7. The van der Waals surface area contributed by atoms with Crippen molar-refractivity contribution >= 4 is 0 Å². The minimum atomic E-state index is 0.656. The summed E-state index contributed by atoms with van der Waals surface area (Å²) in [4.78, 5) is 5.24. The molecule has 2 atom stereocenters. The van der Waals surface area contributed by atoms with Gasteiger partial charge in [0.25, 0.3) is 0 Å². The minimum absolute atomic E-state index is 0.656. The molecule has 2 aromatic rings. The molecule has 2 aliphatic rings. The SMILES string of the molecule is c1ccc(CN2CCC(NCCN3CCCC(c4ccccc4)C3)C2)cc1. The van der Waals surface area contributed by atoms with Gasteiger partial charge >= 0.3 is 0 Å². The van der Waals surface area contributed by atoms with Crippen molar-refractivity contribution in [1.82, 2.24) is 15.1 Å². The molecule has 2 aromatic carbocycles. The zero-order valence-corrected chi connectivity index (χ0v) is 16.4. The smallest absolute Gasteiger partial charge is 0.0234 e. The van der Waals surface area contributed by atoms with Crippen molar-refractivity contribution in [2.24, 2.45) is 0 Å². The Morgan fingerprint density at radius 1 is 0.815 bits per heavy atom. The summed E-state index contributed by atoms with van der Waals surface area (Å²) < 4.78 is 0. The highest BCUT2D eigenvalue weighted by molar-refractivity contribution is 5.20. The van der Waals surface area contributed by atoms with Crippen molar-refractivity contribution in [2.75, 3.05) is 39.3 Å². The lowest BCUT2D eigenvalue weighted by Gasteiger charge is -2.33. The summed E-state index contributed by atoms with van der Waals surface area (Å²) in [6.07, 6.45) is 3.94. The van der Waals surface area contributed by atoms with Gasteiger partial charge in [-0.1, -0.05) is 60.7 Å². The van der Waals surface area contributed by atoms with Gasteiger partial charge in [-0.15, -0.1) is 0 Å². The summed E-state index contributed by atoms with van der Waals surface area (Å²) in [6, 6.07) is 22.6. The molecule has 1 N–H and O–H groups in total. The van der Waals surface area contributed by atoms with Crippen LogP contribution in [0.4, 0.5) is 0 Å². The van der Waals surface area contributed by atoms with Crippen molar-refractivity contribution in [3.05, 3.63) is 71.8 Å². The molecule has 0 aromatic heterocycles. The van der Waals surface area contributed by atoms with Gasteiger partial charge < -0.3 is 10.2 Å². The molecule has 2 aliphatic heterocycles. The summed E-state index contributed by atoms with van der Waals surface area (Å²) in [7, 11) is 0. The van der Waals surface area contributed by atoms with Gasteiger partial charge in [-0.3, -0.25) is 4.90 Å². The third kappa shape index (κ3) is 5.41. The van der Waals surface area contributed by atoms with E-state index in [1.54, 1.807) is 0 Å². The van der Waals surface area contributed by atoms with Crippen LogP contribution in [0.3, 0.4) is 0 Å². The molecule has 2 unspecified atom stereocenters. The number of nitrogens with zero attached hydrogens (tertiary/aromatic N) is 2. The van der Waals surface area contributed by atoms with Crippen LogP contribution >= 0.6 is 0 Å². The van der Waals surface area contributed by atoms with Crippen molar-refractivity contribution in [2.45, 2.75) is 37.8 Å². The molecule has 27 heavy (non-hydrogen) atoms. The highest BCUT2D eigenvalue weighted by Gasteiger charge is 2.23. The van der Waals surface area contributed by atoms with E-state index in [9.17, 15) is 0 Å². The van der Waals surface area contributed by atoms with Crippen LogP contribution in [0.5, 0.6) is 0 Å². The quantitative estimate of drug-likeness (QED) is 0.809. The number of rotatable bonds is 7. The van der Waals surface area contributed by atoms with Crippen molar-refractivity contribution < 1.29 is 0 Å². The Labute approximate surface area is 164 Å². The molecular weight excluding hydrogens is 330 g/mol. The molecule has 3 heteroatoms. The Bertz CT molecular complexity index is 673. The maximum absolute atomic E-state index is 3.82. The Balaban J connectivity index is 1.17. The highest BCUT2D eigenvalue weighted by atomic mass is 15.2. The molecule has 0 spiro atoms. The molecule has 4 rings (SSSR count). The van der Waals surface area contributed by atoms with Crippen molar-refractivity contribution in [1.29, 1.82) is 0 Å². The topological polar surface area (TPSA) is 18.5 Å². The molecule has 0 radical (unpaired) electrons. The van der Waals surface area contributed by atoms with E-state index in [-0.39, 0.29) is 0 Å². The van der Waals surface area contributed by atoms with Gasteiger partial charge in [0, 0.05) is 45.3 Å². The first-order valence-corrected chi connectivity index (χ1v) is 10.6. The summed E-state index contributed by atoms with van der Waals surface area (Å²) >= 11 is 0. The Morgan fingerprint density at radius 3 is 2.41 bits per heavy atom. The fourth-order valence-electron chi connectivity index (χ4n) is 4.67. The summed E-state index contributed by atoms with van der Waals surface area (Å²) in [6.45, 7) is 8.26. The van der Waals surface area contributed by atoms with E-state index >= 15 is 0 Å². The number of likely N-dealkylation sites (tertiary alicyclic amines) is 2. The third-order valence-electron chi connectivity index (χ3n) is 6.16. The molecule has 144 valence electrons. The molecule has 2 heterocycles. The standard InChI is InChI=1S/C24H33N3/c1-3-8-21(9-4-1)18-27-16-13-24(20-27)25-14-17-26-15-7-12-23(19-26)22-10-5-2-6-11-22/h1-6,8-11,23-25H,7,12-20H2. The largest absolute Gasteiger partial charge is 0.311 e. The Morgan fingerprint density at radius 2 is 1.59 bits per heavy atom. The van der Waals surface area contributed by atoms with Crippen LogP contribution in [0.15, 0.2) is 60.7 Å². The van der Waals surface area contributed by atoms with E-state index in [1.165, 1.54) is 63.1 Å². The second-order valence-electron chi connectivity index (χ2n) is 8.21. The van der Waals surface area contributed by atoms with E-state index < -0.39 is 0 Å². The van der Waals surface area contributed by atoms with Gasteiger partial charge in [0.15, 0.2) is 0 Å². The van der Waals surface area contributed by atoms with Gasteiger partial charge in [-0.05, 0) is 42.9 Å². The van der Waals surface area contributed by atoms with Crippen LogP contribution in [0.25, 0.3) is 0 Å². The number of hydrogen-bond acceptors (Lipinski definition) is 3. The lowest BCUT2D eigenvalue weighted by atomic mass is 9.91. The monoisotopic (exact) mass is 363 g/mol. The van der Waals surface area contributed by atoms with Gasteiger partial charge in [0.1, 0.15) is 0 Å². The third-order valence-corrected chi connectivity index (χ3v) is 6.16. The van der Waals surface area contributed by atoms with Crippen LogP contribution in [0, 0.1) is 0 Å². The molecule has 2 saturated heterocycles. The van der Waals surface area contributed by atoms with Crippen molar-refractivity contribution in [3.8, 4) is 0 Å². The van der Waals surface area contributed by atoms with Crippen molar-refractivity contribution in [3.63, 3.8) is 0 Å². The normalized spacial score (nSPS) is 24.3. The number of hydrogen-bond donors (Lipinski definition) is 1. The average Bonchev–Trinajstić information content (AvgIpc) is 3.17. The maximum atomic E-state index is 3.82. The molecule has 0 bridgehead atoms. The lowest BCUT2D eigenvalue weighted by molar-refractivity contribution is 0.205. The molecule has 3 nitrogen and oxygen atoms in total. The second-order valence-corrected chi connectivity index (χ2v) is 8.21. The Hall–Kier alpha value is -1.68. The molecule has 0 aliphatic carbocycles. The van der Waals surface area contributed by atoms with Crippen LogP contribution in [0.1, 0.15) is 36.3 Å². The molecule has 0 saturated carbocycles. The van der Waals surface area contributed by atoms with E-state index in [0.29, 0.717) is 12.0 Å². The van der Waals surface area contributed by atoms with E-state index in [2.05, 4.69) is 75.8 Å². The number of piperidine rings is 1. The number of benzene rings is 2. The summed E-state index contributed by atoms with van der Waals surface area (Å²) in [5, 5.41) is 3.82. The van der Waals surface area contributed by atoms with E-state index in [1.807, 2.05) is 0 Å². The van der Waals surface area contributed by atoms with Crippen LogP contribution in [-0.4, -0.2) is 55.1 Å². The van der Waals surface area contributed by atoms with Crippen LogP contribution in [-0.2, 0) is 6.54 Å². The fourth-order valence-corrected chi connectivity index (χ4v) is 4.67. The maximum Gasteiger partial charge on any atom is 0.0234 e. The molecular formula is C24H33N3. The fraction of sp³-hybridized carbons (Fsp3) is 0.500. The van der Waals surface area contributed by atoms with Crippen LogP contribution in [0.2, 0.25) is 0 Å². The van der Waals surface area contributed by atoms with E-state index in [4.69, 9.17) is 0 Å². The number of nitrogens with one attached hydrogen (secondary N) is 1. The second kappa shape index (κ2) is 9.50. The molecule has 0 amide bonds. The lowest BCUT2D eigenvalue weighted by Crippen LogP contribution is -2.41. The zero-order valence-electron chi connectivity index (χ0n) is 16.4.